The summed E-state index contributed by atoms with van der Waals surface area (Å²) in [4.78, 5) is 44.1. The normalized spacial score (nSPS) is 13.9. The second-order valence-corrected chi connectivity index (χ2v) is 10.5. The molecule has 1 fully saturated rings. The lowest BCUT2D eigenvalue weighted by Gasteiger charge is -2.22. The molecule has 0 bridgehead atoms. The Morgan fingerprint density at radius 1 is 1.10 bits per heavy atom. The van der Waals surface area contributed by atoms with Crippen LogP contribution in [-0.4, -0.2) is 37.3 Å². The Labute approximate surface area is 247 Å². The first-order valence-corrected chi connectivity index (χ1v) is 14.0. The molecule has 0 radical (unpaired) electrons. The van der Waals surface area contributed by atoms with Crippen LogP contribution < -0.4 is 15.0 Å². The third-order valence-electron chi connectivity index (χ3n) is 6.82. The minimum Gasteiger partial charge on any atom is -0.490 e. The van der Waals surface area contributed by atoms with E-state index in [1.54, 1.807) is 19.1 Å². The molecule has 0 saturated heterocycles. The standard InChI is InChI=1S/C28H25BrN6O7/c1-2-41-24-13-17(12-23(35(39)40)26(24)42-25-11-9-20(16-30-25)34(37)38)15-31-33-27(18-6-4-3-5-7-18)32-22-10-8-19(29)14-21(22)28(33)36/h8-16,18H,2-7H2,1H3. The van der Waals surface area contributed by atoms with Crippen LogP contribution in [-0.2, 0) is 0 Å². The predicted molar refractivity (Wildman–Crippen MR) is 158 cm³/mol. The first-order chi connectivity index (χ1) is 20.2. The van der Waals surface area contributed by atoms with E-state index < -0.39 is 15.5 Å². The molecule has 1 saturated carbocycles. The van der Waals surface area contributed by atoms with Crippen molar-refractivity contribution < 1.29 is 19.3 Å². The lowest BCUT2D eigenvalue weighted by molar-refractivity contribution is -0.385. The summed E-state index contributed by atoms with van der Waals surface area (Å²) in [5.41, 5.74) is -0.188. The molecule has 14 heteroatoms. The van der Waals surface area contributed by atoms with E-state index in [1.807, 2.05) is 6.07 Å². The number of hydrogen-bond acceptors (Lipinski definition) is 10. The van der Waals surface area contributed by atoms with Gasteiger partial charge in [-0.1, -0.05) is 35.2 Å². The third kappa shape index (κ3) is 6.12. The van der Waals surface area contributed by atoms with Crippen LogP contribution in [0.3, 0.4) is 0 Å². The van der Waals surface area contributed by atoms with Crippen molar-refractivity contribution in [3.8, 4) is 17.4 Å². The van der Waals surface area contributed by atoms with Crippen molar-refractivity contribution in [2.75, 3.05) is 6.61 Å². The van der Waals surface area contributed by atoms with Crippen LogP contribution in [0, 0.1) is 20.2 Å². The summed E-state index contributed by atoms with van der Waals surface area (Å²) in [6, 6.07) is 10.5. The van der Waals surface area contributed by atoms with E-state index in [0.29, 0.717) is 16.7 Å². The van der Waals surface area contributed by atoms with Crippen LogP contribution >= 0.6 is 15.9 Å². The maximum absolute atomic E-state index is 13.6. The van der Waals surface area contributed by atoms with Gasteiger partial charge in [0, 0.05) is 34.2 Å². The zero-order valence-corrected chi connectivity index (χ0v) is 24.0. The van der Waals surface area contributed by atoms with Crippen molar-refractivity contribution in [3.05, 3.63) is 95.1 Å². The van der Waals surface area contributed by atoms with Gasteiger partial charge >= 0.3 is 5.69 Å². The van der Waals surface area contributed by atoms with Crippen LogP contribution in [0.15, 0.2) is 63.0 Å². The molecule has 0 unspecified atom stereocenters. The number of halogens is 1. The van der Waals surface area contributed by atoms with Crippen LogP contribution in [0.4, 0.5) is 11.4 Å². The molecule has 1 aliphatic rings. The highest BCUT2D eigenvalue weighted by atomic mass is 79.9. The molecular weight excluding hydrogens is 612 g/mol. The zero-order chi connectivity index (χ0) is 29.8. The number of ether oxygens (including phenoxy) is 2. The number of nitrogens with zero attached hydrogens (tertiary/aromatic N) is 6. The maximum Gasteiger partial charge on any atom is 0.316 e. The fraction of sp³-hybridized carbons (Fsp3) is 0.286. The number of aromatic nitrogens is 3. The highest BCUT2D eigenvalue weighted by molar-refractivity contribution is 9.10. The van der Waals surface area contributed by atoms with Crippen LogP contribution in [0.25, 0.3) is 10.9 Å². The zero-order valence-electron chi connectivity index (χ0n) is 22.4. The second kappa shape index (κ2) is 12.4. The molecule has 0 aliphatic heterocycles. The number of fused-ring (bicyclic) bond motifs is 1. The second-order valence-electron chi connectivity index (χ2n) is 9.60. The molecule has 0 N–H and O–H groups in total. The van der Waals surface area contributed by atoms with E-state index in [-0.39, 0.29) is 46.7 Å². The van der Waals surface area contributed by atoms with Gasteiger partial charge in [0.1, 0.15) is 12.0 Å². The Kier molecular flexibility index (Phi) is 8.52. The summed E-state index contributed by atoms with van der Waals surface area (Å²) in [5, 5.41) is 27.9. The quantitative estimate of drug-likeness (QED) is 0.113. The summed E-state index contributed by atoms with van der Waals surface area (Å²) < 4.78 is 13.3. The molecule has 5 rings (SSSR count). The molecule has 2 aromatic carbocycles. The largest absolute Gasteiger partial charge is 0.490 e. The third-order valence-corrected chi connectivity index (χ3v) is 7.31. The van der Waals surface area contributed by atoms with Gasteiger partial charge in [-0.05, 0) is 44.0 Å². The molecule has 2 heterocycles. The van der Waals surface area contributed by atoms with Gasteiger partial charge in [0.15, 0.2) is 5.75 Å². The smallest absolute Gasteiger partial charge is 0.316 e. The highest BCUT2D eigenvalue weighted by Crippen LogP contribution is 2.41. The van der Waals surface area contributed by atoms with Crippen LogP contribution in [0.5, 0.6) is 17.4 Å². The van der Waals surface area contributed by atoms with Gasteiger partial charge in [-0.2, -0.15) is 9.78 Å². The molecule has 42 heavy (non-hydrogen) atoms. The minimum absolute atomic E-state index is 0.0359. The first-order valence-electron chi connectivity index (χ1n) is 13.2. The van der Waals surface area contributed by atoms with Gasteiger partial charge in [-0.25, -0.2) is 9.97 Å². The van der Waals surface area contributed by atoms with E-state index >= 15 is 0 Å². The maximum atomic E-state index is 13.6. The minimum atomic E-state index is -0.644. The van der Waals surface area contributed by atoms with Crippen molar-refractivity contribution in [2.24, 2.45) is 5.10 Å². The highest BCUT2D eigenvalue weighted by Gasteiger charge is 2.25. The lowest BCUT2D eigenvalue weighted by atomic mass is 9.88. The van der Waals surface area contributed by atoms with Gasteiger partial charge in [-0.3, -0.25) is 25.0 Å². The topological polar surface area (TPSA) is 165 Å². The van der Waals surface area contributed by atoms with E-state index in [9.17, 15) is 25.0 Å². The van der Waals surface area contributed by atoms with E-state index in [2.05, 4.69) is 26.0 Å². The number of rotatable bonds is 9. The molecule has 2 aromatic heterocycles. The Hall–Kier alpha value is -4.72. The van der Waals surface area contributed by atoms with Gasteiger partial charge in [0.2, 0.25) is 11.6 Å². The first kappa shape index (κ1) is 28.8. The van der Waals surface area contributed by atoms with Crippen molar-refractivity contribution in [3.63, 3.8) is 0 Å². The summed E-state index contributed by atoms with van der Waals surface area (Å²) in [5.74, 6) is 0.318. The van der Waals surface area contributed by atoms with E-state index in [0.717, 1.165) is 42.8 Å². The molecule has 0 amide bonds. The number of benzene rings is 2. The Balaban J connectivity index is 1.58. The summed E-state index contributed by atoms with van der Waals surface area (Å²) >= 11 is 3.41. The summed E-state index contributed by atoms with van der Waals surface area (Å²) in [6.07, 6.45) is 7.27. The summed E-state index contributed by atoms with van der Waals surface area (Å²) in [7, 11) is 0. The molecule has 0 atom stereocenters. The van der Waals surface area contributed by atoms with E-state index in [1.165, 1.54) is 35.2 Å². The van der Waals surface area contributed by atoms with Gasteiger partial charge in [0.25, 0.3) is 11.2 Å². The van der Waals surface area contributed by atoms with Crippen LogP contribution in [0.2, 0.25) is 0 Å². The molecule has 13 nitrogen and oxygen atoms in total. The molecule has 1 aliphatic carbocycles. The Morgan fingerprint density at radius 3 is 2.55 bits per heavy atom. The van der Waals surface area contributed by atoms with Crippen molar-refractivity contribution in [1.82, 2.24) is 14.6 Å². The van der Waals surface area contributed by atoms with E-state index in [4.69, 9.17) is 14.5 Å². The van der Waals surface area contributed by atoms with Crippen molar-refractivity contribution in [1.29, 1.82) is 0 Å². The number of nitro groups is 2. The van der Waals surface area contributed by atoms with Gasteiger partial charge in [0.05, 0.1) is 33.6 Å². The van der Waals surface area contributed by atoms with Crippen molar-refractivity contribution >= 4 is 44.4 Å². The average molecular weight is 637 g/mol. The Bertz CT molecular complexity index is 1750. The van der Waals surface area contributed by atoms with Crippen molar-refractivity contribution in [2.45, 2.75) is 44.9 Å². The number of nitro benzene ring substituents is 1. The number of pyridine rings is 1. The molecular formula is C28H25BrN6O7. The Morgan fingerprint density at radius 2 is 1.88 bits per heavy atom. The predicted octanol–water partition coefficient (Wildman–Crippen LogP) is 6.49. The molecule has 4 aromatic rings. The SMILES string of the molecule is CCOc1cc(C=Nn2c(C3CCCCC3)nc3ccc(Br)cc3c2=O)cc([N+](=O)[O-])c1Oc1ccc([N+](=O)[O-])cn1. The molecule has 0 spiro atoms. The fourth-order valence-electron chi connectivity index (χ4n) is 4.86. The summed E-state index contributed by atoms with van der Waals surface area (Å²) in [6.45, 7) is 1.87. The fourth-order valence-corrected chi connectivity index (χ4v) is 5.22. The van der Waals surface area contributed by atoms with Gasteiger partial charge in [-0.15, -0.1) is 0 Å². The van der Waals surface area contributed by atoms with Gasteiger partial charge < -0.3 is 9.47 Å². The number of hydrogen-bond donors (Lipinski definition) is 0. The van der Waals surface area contributed by atoms with Crippen LogP contribution in [0.1, 0.15) is 56.3 Å². The molecule has 216 valence electrons. The average Bonchev–Trinajstić information content (AvgIpc) is 2.98. The lowest BCUT2D eigenvalue weighted by Crippen LogP contribution is -2.25. The monoisotopic (exact) mass is 636 g/mol.